The number of nitrogen functional groups attached to an aromatic ring is 1. The summed E-state index contributed by atoms with van der Waals surface area (Å²) in [5.74, 6) is 0.817. The van der Waals surface area contributed by atoms with Crippen LogP contribution in [0.15, 0.2) is 42.6 Å². The predicted octanol–water partition coefficient (Wildman–Crippen LogP) is 2.55. The molecule has 2 N–H and O–H groups in total. The van der Waals surface area contributed by atoms with Gasteiger partial charge in [-0.15, -0.1) is 0 Å². The lowest BCUT2D eigenvalue weighted by atomic mass is 10.2. The lowest BCUT2D eigenvalue weighted by Gasteiger charge is -2.07. The second kappa shape index (κ2) is 4.66. The molecule has 2 rings (SSSR count). The minimum atomic E-state index is 0.476. The van der Waals surface area contributed by atoms with Gasteiger partial charge in [-0.3, -0.25) is 4.98 Å². The summed E-state index contributed by atoms with van der Waals surface area (Å²) in [6, 6.07) is 11.4. The Morgan fingerprint density at radius 1 is 1.25 bits per heavy atom. The third-order valence-corrected chi connectivity index (χ3v) is 2.35. The maximum absolute atomic E-state index is 5.73. The number of pyridine rings is 1. The van der Waals surface area contributed by atoms with Gasteiger partial charge in [0, 0.05) is 11.9 Å². The summed E-state index contributed by atoms with van der Waals surface area (Å²) in [5.41, 5.74) is 8.45. The van der Waals surface area contributed by atoms with Gasteiger partial charge in [0.15, 0.2) is 0 Å². The van der Waals surface area contributed by atoms with E-state index in [1.54, 1.807) is 6.20 Å². The van der Waals surface area contributed by atoms with Crippen LogP contribution in [-0.2, 0) is 6.61 Å². The Morgan fingerprint density at radius 2 is 2.12 bits per heavy atom. The van der Waals surface area contributed by atoms with Gasteiger partial charge in [0.05, 0.1) is 5.69 Å². The quantitative estimate of drug-likeness (QED) is 0.799. The number of anilines is 1. The molecule has 0 fully saturated rings. The third kappa shape index (κ3) is 2.51. The van der Waals surface area contributed by atoms with Crippen LogP contribution < -0.4 is 10.5 Å². The summed E-state index contributed by atoms with van der Waals surface area (Å²) in [7, 11) is 0. The van der Waals surface area contributed by atoms with E-state index in [0.29, 0.717) is 6.61 Å². The molecule has 0 spiro atoms. The van der Waals surface area contributed by atoms with Crippen molar-refractivity contribution in [1.82, 2.24) is 4.98 Å². The van der Waals surface area contributed by atoms with E-state index in [-0.39, 0.29) is 0 Å². The monoisotopic (exact) mass is 214 g/mol. The third-order valence-electron chi connectivity index (χ3n) is 2.35. The molecule has 0 radical (unpaired) electrons. The molecular formula is C13H14N2O. The Hall–Kier alpha value is -2.03. The number of aromatic nitrogens is 1. The minimum absolute atomic E-state index is 0.476. The number of hydrogen-bond donors (Lipinski definition) is 1. The maximum atomic E-state index is 5.73. The van der Waals surface area contributed by atoms with Crippen LogP contribution in [0.3, 0.4) is 0 Å². The highest BCUT2D eigenvalue weighted by atomic mass is 16.5. The van der Waals surface area contributed by atoms with Crippen molar-refractivity contribution in [3.05, 3.63) is 53.9 Å². The zero-order valence-electron chi connectivity index (χ0n) is 9.18. The first-order chi connectivity index (χ1) is 7.75. The Morgan fingerprint density at radius 3 is 2.81 bits per heavy atom. The van der Waals surface area contributed by atoms with E-state index in [1.807, 2.05) is 43.3 Å². The van der Waals surface area contributed by atoms with E-state index in [2.05, 4.69) is 4.98 Å². The molecule has 3 nitrogen and oxygen atoms in total. The molecule has 0 aliphatic rings. The number of rotatable bonds is 3. The number of nitrogens with zero attached hydrogens (tertiary/aromatic N) is 1. The summed E-state index contributed by atoms with van der Waals surface area (Å²) in [5, 5.41) is 0. The highest BCUT2D eigenvalue weighted by molar-refractivity contribution is 5.49. The minimum Gasteiger partial charge on any atom is -0.487 e. The first kappa shape index (κ1) is 10.5. The average molecular weight is 214 g/mol. The molecule has 1 aromatic heterocycles. The summed E-state index contributed by atoms with van der Waals surface area (Å²) >= 11 is 0. The van der Waals surface area contributed by atoms with Crippen molar-refractivity contribution in [2.45, 2.75) is 13.5 Å². The number of nitrogens with two attached hydrogens (primary N) is 1. The fourth-order valence-electron chi connectivity index (χ4n) is 1.38. The standard InChI is InChI=1S/C13H14N2O/c1-10-8-12(5-6-13(10)14)16-9-11-4-2-3-7-15-11/h2-8H,9,14H2,1H3. The van der Waals surface area contributed by atoms with Crippen LogP contribution in [0.1, 0.15) is 11.3 Å². The van der Waals surface area contributed by atoms with Gasteiger partial charge in [-0.1, -0.05) is 6.07 Å². The van der Waals surface area contributed by atoms with Crippen LogP contribution in [-0.4, -0.2) is 4.98 Å². The Labute approximate surface area is 94.9 Å². The van der Waals surface area contributed by atoms with Crippen LogP contribution in [0.25, 0.3) is 0 Å². The highest BCUT2D eigenvalue weighted by Gasteiger charge is 1.98. The van der Waals surface area contributed by atoms with Crippen molar-refractivity contribution in [2.75, 3.05) is 5.73 Å². The first-order valence-electron chi connectivity index (χ1n) is 5.14. The topological polar surface area (TPSA) is 48.1 Å². The Bertz CT molecular complexity index is 469. The molecule has 16 heavy (non-hydrogen) atoms. The molecule has 0 saturated heterocycles. The molecule has 0 unspecified atom stereocenters. The summed E-state index contributed by atoms with van der Waals surface area (Å²) < 4.78 is 5.61. The number of benzene rings is 1. The zero-order chi connectivity index (χ0) is 11.4. The largest absolute Gasteiger partial charge is 0.487 e. The van der Waals surface area contributed by atoms with Crippen LogP contribution >= 0.6 is 0 Å². The summed E-state index contributed by atoms with van der Waals surface area (Å²) in [6.07, 6.45) is 1.76. The molecule has 3 heteroatoms. The summed E-state index contributed by atoms with van der Waals surface area (Å²) in [4.78, 5) is 4.18. The maximum Gasteiger partial charge on any atom is 0.130 e. The van der Waals surface area contributed by atoms with Gasteiger partial charge < -0.3 is 10.5 Å². The fourth-order valence-corrected chi connectivity index (χ4v) is 1.38. The van der Waals surface area contributed by atoms with Gasteiger partial charge in [0.2, 0.25) is 0 Å². The van der Waals surface area contributed by atoms with Gasteiger partial charge in [-0.2, -0.15) is 0 Å². The molecule has 1 aromatic carbocycles. The Kier molecular flexibility index (Phi) is 3.05. The van der Waals surface area contributed by atoms with E-state index in [4.69, 9.17) is 10.5 Å². The molecule has 0 amide bonds. The number of hydrogen-bond acceptors (Lipinski definition) is 3. The Balaban J connectivity index is 2.03. The molecule has 0 aliphatic carbocycles. The molecular weight excluding hydrogens is 200 g/mol. The lowest BCUT2D eigenvalue weighted by Crippen LogP contribution is -1.98. The van der Waals surface area contributed by atoms with Gasteiger partial charge >= 0.3 is 0 Å². The van der Waals surface area contributed by atoms with E-state index >= 15 is 0 Å². The van der Waals surface area contributed by atoms with Crippen LogP contribution in [0, 0.1) is 6.92 Å². The van der Waals surface area contributed by atoms with Crippen molar-refractivity contribution in [3.8, 4) is 5.75 Å². The number of ether oxygens (including phenoxy) is 1. The van der Waals surface area contributed by atoms with E-state index < -0.39 is 0 Å². The van der Waals surface area contributed by atoms with Crippen LogP contribution in [0.5, 0.6) is 5.75 Å². The normalized spacial score (nSPS) is 10.1. The smallest absolute Gasteiger partial charge is 0.130 e. The van der Waals surface area contributed by atoms with E-state index in [9.17, 15) is 0 Å². The molecule has 2 aromatic rings. The molecule has 0 bridgehead atoms. The number of aryl methyl sites for hydroxylation is 1. The van der Waals surface area contributed by atoms with E-state index in [0.717, 1.165) is 22.7 Å². The van der Waals surface area contributed by atoms with Gasteiger partial charge in [-0.05, 0) is 42.8 Å². The van der Waals surface area contributed by atoms with Crippen molar-refractivity contribution in [2.24, 2.45) is 0 Å². The van der Waals surface area contributed by atoms with Crippen molar-refractivity contribution in [1.29, 1.82) is 0 Å². The highest BCUT2D eigenvalue weighted by Crippen LogP contribution is 2.19. The summed E-state index contributed by atoms with van der Waals surface area (Å²) in [6.45, 7) is 2.44. The van der Waals surface area contributed by atoms with Gasteiger partial charge in [0.25, 0.3) is 0 Å². The van der Waals surface area contributed by atoms with Gasteiger partial charge in [0.1, 0.15) is 12.4 Å². The van der Waals surface area contributed by atoms with Crippen LogP contribution in [0.2, 0.25) is 0 Å². The molecule has 82 valence electrons. The first-order valence-corrected chi connectivity index (χ1v) is 5.14. The second-order valence-electron chi connectivity index (χ2n) is 3.63. The molecule has 0 aliphatic heterocycles. The fraction of sp³-hybridized carbons (Fsp3) is 0.154. The lowest BCUT2D eigenvalue weighted by molar-refractivity contribution is 0.301. The van der Waals surface area contributed by atoms with Gasteiger partial charge in [-0.25, -0.2) is 0 Å². The molecule has 0 atom stereocenters. The van der Waals surface area contributed by atoms with Crippen LogP contribution in [0.4, 0.5) is 5.69 Å². The average Bonchev–Trinajstić information content (AvgIpc) is 2.32. The van der Waals surface area contributed by atoms with Crippen molar-refractivity contribution < 1.29 is 4.74 Å². The zero-order valence-corrected chi connectivity index (χ0v) is 9.18. The predicted molar refractivity (Wildman–Crippen MR) is 64.2 cm³/mol. The SMILES string of the molecule is Cc1cc(OCc2ccccn2)ccc1N. The molecule has 1 heterocycles. The van der Waals surface area contributed by atoms with Crippen molar-refractivity contribution in [3.63, 3.8) is 0 Å². The van der Waals surface area contributed by atoms with E-state index in [1.165, 1.54) is 0 Å². The second-order valence-corrected chi connectivity index (χ2v) is 3.63. The molecule has 0 saturated carbocycles. The van der Waals surface area contributed by atoms with Crippen molar-refractivity contribution >= 4 is 5.69 Å².